The van der Waals surface area contributed by atoms with E-state index in [1.807, 2.05) is 6.92 Å². The van der Waals surface area contributed by atoms with Crippen molar-refractivity contribution in [1.82, 2.24) is 19.7 Å². The van der Waals surface area contributed by atoms with E-state index in [0.29, 0.717) is 26.1 Å². The molecule has 1 aliphatic carbocycles. The summed E-state index contributed by atoms with van der Waals surface area (Å²) in [5, 5.41) is 9.96. The molecule has 4 rings (SSSR count). The first-order valence-corrected chi connectivity index (χ1v) is 9.41. The van der Waals surface area contributed by atoms with E-state index in [1.54, 1.807) is 0 Å². The highest BCUT2D eigenvalue weighted by atomic mass is 19.4. The second kappa shape index (κ2) is 7.29. The molecule has 2 aromatic rings. The van der Waals surface area contributed by atoms with Gasteiger partial charge in [-0.05, 0) is 38.7 Å². The standard InChI is InChI=1S/C18H21F3N6O2/c1-17(6-7-17)25-15-12(18(19,20)21)10-22-16(24-15)23-13-2-3-14(28)27(26-13)11-4-8-29-9-5-11/h2-3,10-11H,4-9H2,1H3,(H2,22,23,24,25,26). The lowest BCUT2D eigenvalue weighted by molar-refractivity contribution is -0.137. The third kappa shape index (κ3) is 4.50. The summed E-state index contributed by atoms with van der Waals surface area (Å²) >= 11 is 0. The van der Waals surface area contributed by atoms with Crippen LogP contribution in [0.4, 0.5) is 30.8 Å². The van der Waals surface area contributed by atoms with Crippen molar-refractivity contribution in [2.24, 2.45) is 0 Å². The third-order valence-corrected chi connectivity index (χ3v) is 5.12. The maximum Gasteiger partial charge on any atom is 0.421 e. The van der Waals surface area contributed by atoms with Crippen LogP contribution < -0.4 is 16.2 Å². The van der Waals surface area contributed by atoms with Gasteiger partial charge in [0, 0.05) is 31.0 Å². The molecule has 1 saturated heterocycles. The predicted molar refractivity (Wildman–Crippen MR) is 99.2 cm³/mol. The van der Waals surface area contributed by atoms with E-state index in [-0.39, 0.29) is 34.7 Å². The molecule has 1 aliphatic heterocycles. The highest BCUT2D eigenvalue weighted by Crippen LogP contribution is 2.41. The number of ether oxygens (including phenoxy) is 1. The smallest absolute Gasteiger partial charge is 0.381 e. The number of alkyl halides is 3. The molecule has 11 heteroatoms. The second-order valence-electron chi connectivity index (χ2n) is 7.61. The molecule has 0 atom stereocenters. The van der Waals surface area contributed by atoms with Gasteiger partial charge in [0.1, 0.15) is 11.4 Å². The fraction of sp³-hybridized carbons (Fsp3) is 0.556. The molecule has 2 aliphatic rings. The SMILES string of the molecule is CC1(Nc2nc(Nc3ccc(=O)n(C4CCOCC4)n3)ncc2C(F)(F)F)CC1. The Morgan fingerprint density at radius 1 is 1.24 bits per heavy atom. The van der Waals surface area contributed by atoms with Gasteiger partial charge in [-0.25, -0.2) is 9.67 Å². The first kappa shape index (κ1) is 19.6. The van der Waals surface area contributed by atoms with Crippen molar-refractivity contribution < 1.29 is 17.9 Å². The van der Waals surface area contributed by atoms with Crippen molar-refractivity contribution in [3.05, 3.63) is 34.2 Å². The normalized spacial score (nSPS) is 19.0. The van der Waals surface area contributed by atoms with Gasteiger partial charge in [0.2, 0.25) is 5.95 Å². The van der Waals surface area contributed by atoms with Crippen LogP contribution in [0.1, 0.15) is 44.2 Å². The molecule has 0 spiro atoms. The van der Waals surface area contributed by atoms with Crippen LogP contribution in [0.3, 0.4) is 0 Å². The van der Waals surface area contributed by atoms with E-state index < -0.39 is 11.7 Å². The highest BCUT2D eigenvalue weighted by molar-refractivity contribution is 5.55. The predicted octanol–water partition coefficient (Wildman–Crippen LogP) is 3.11. The van der Waals surface area contributed by atoms with Gasteiger partial charge in [-0.3, -0.25) is 4.79 Å². The highest BCUT2D eigenvalue weighted by Gasteiger charge is 2.42. The van der Waals surface area contributed by atoms with Crippen molar-refractivity contribution in [3.63, 3.8) is 0 Å². The summed E-state index contributed by atoms with van der Waals surface area (Å²) in [5.74, 6) is -0.0263. The van der Waals surface area contributed by atoms with E-state index >= 15 is 0 Å². The van der Waals surface area contributed by atoms with Crippen LogP contribution in [-0.2, 0) is 10.9 Å². The molecule has 29 heavy (non-hydrogen) atoms. The van der Waals surface area contributed by atoms with E-state index in [1.165, 1.54) is 16.8 Å². The quantitative estimate of drug-likeness (QED) is 0.782. The second-order valence-corrected chi connectivity index (χ2v) is 7.61. The number of hydrogen-bond acceptors (Lipinski definition) is 7. The van der Waals surface area contributed by atoms with Gasteiger partial charge in [0.05, 0.1) is 6.04 Å². The first-order valence-electron chi connectivity index (χ1n) is 9.41. The van der Waals surface area contributed by atoms with Crippen LogP contribution in [0.15, 0.2) is 23.1 Å². The zero-order chi connectivity index (χ0) is 20.6. The number of nitrogens with zero attached hydrogens (tertiary/aromatic N) is 4. The summed E-state index contributed by atoms with van der Waals surface area (Å²) in [5.41, 5.74) is -1.56. The van der Waals surface area contributed by atoms with Crippen LogP contribution in [0.2, 0.25) is 0 Å². The first-order chi connectivity index (χ1) is 13.7. The zero-order valence-corrected chi connectivity index (χ0v) is 15.8. The summed E-state index contributed by atoms with van der Waals surface area (Å²) in [6.07, 6.45) is -0.943. The molecular formula is C18H21F3N6O2. The van der Waals surface area contributed by atoms with Gasteiger partial charge in [-0.15, -0.1) is 0 Å². The van der Waals surface area contributed by atoms with Gasteiger partial charge in [0.25, 0.3) is 5.56 Å². The maximum atomic E-state index is 13.3. The molecule has 2 N–H and O–H groups in total. The van der Waals surface area contributed by atoms with Gasteiger partial charge in [-0.2, -0.15) is 23.3 Å². The van der Waals surface area contributed by atoms with Crippen LogP contribution in [0, 0.1) is 0 Å². The van der Waals surface area contributed by atoms with Crippen LogP contribution in [0.25, 0.3) is 0 Å². The summed E-state index contributed by atoms with van der Waals surface area (Å²) in [6.45, 7) is 2.94. The van der Waals surface area contributed by atoms with Crippen molar-refractivity contribution in [3.8, 4) is 0 Å². The average molecular weight is 410 g/mol. The Morgan fingerprint density at radius 3 is 2.62 bits per heavy atom. The van der Waals surface area contributed by atoms with Gasteiger partial charge >= 0.3 is 6.18 Å². The molecule has 3 heterocycles. The third-order valence-electron chi connectivity index (χ3n) is 5.12. The molecule has 2 aromatic heterocycles. The van der Waals surface area contributed by atoms with Gasteiger partial charge < -0.3 is 15.4 Å². The molecule has 156 valence electrons. The average Bonchev–Trinajstić information content (AvgIpc) is 3.40. The number of anilines is 3. The molecule has 0 aromatic carbocycles. The Labute approximate surface area is 164 Å². The minimum absolute atomic E-state index is 0.0329. The minimum Gasteiger partial charge on any atom is -0.381 e. The van der Waals surface area contributed by atoms with Gasteiger partial charge in [-0.1, -0.05) is 0 Å². The van der Waals surface area contributed by atoms with E-state index in [4.69, 9.17) is 4.74 Å². The monoisotopic (exact) mass is 410 g/mol. The van der Waals surface area contributed by atoms with Crippen LogP contribution in [-0.4, -0.2) is 38.5 Å². The van der Waals surface area contributed by atoms with E-state index in [9.17, 15) is 18.0 Å². The molecule has 2 fully saturated rings. The van der Waals surface area contributed by atoms with Gasteiger partial charge in [0.15, 0.2) is 5.82 Å². The Hall–Kier alpha value is -2.69. The van der Waals surface area contributed by atoms with E-state index in [2.05, 4.69) is 25.7 Å². The lowest BCUT2D eigenvalue weighted by Crippen LogP contribution is -2.31. The molecule has 0 bridgehead atoms. The molecule has 0 unspecified atom stereocenters. The molecule has 0 radical (unpaired) electrons. The summed E-state index contributed by atoms with van der Waals surface area (Å²) in [7, 11) is 0. The number of aromatic nitrogens is 4. The summed E-state index contributed by atoms with van der Waals surface area (Å²) in [4.78, 5) is 20.0. The van der Waals surface area contributed by atoms with Crippen LogP contribution >= 0.6 is 0 Å². The number of rotatable bonds is 5. The van der Waals surface area contributed by atoms with Crippen molar-refractivity contribution in [2.45, 2.75) is 50.4 Å². The van der Waals surface area contributed by atoms with Crippen molar-refractivity contribution in [2.75, 3.05) is 23.8 Å². The molecule has 8 nitrogen and oxygen atoms in total. The van der Waals surface area contributed by atoms with Crippen LogP contribution in [0.5, 0.6) is 0 Å². The lowest BCUT2D eigenvalue weighted by Gasteiger charge is -2.23. The fourth-order valence-electron chi connectivity index (χ4n) is 3.14. The maximum absolute atomic E-state index is 13.3. The zero-order valence-electron chi connectivity index (χ0n) is 15.8. The Morgan fingerprint density at radius 2 is 1.97 bits per heavy atom. The molecule has 1 saturated carbocycles. The Bertz CT molecular complexity index is 951. The topological polar surface area (TPSA) is 94.0 Å². The largest absolute Gasteiger partial charge is 0.421 e. The molecule has 0 amide bonds. The number of halogens is 3. The van der Waals surface area contributed by atoms with Crippen molar-refractivity contribution in [1.29, 1.82) is 0 Å². The van der Waals surface area contributed by atoms with Crippen molar-refractivity contribution >= 4 is 17.6 Å². The minimum atomic E-state index is -4.57. The fourth-order valence-corrected chi connectivity index (χ4v) is 3.14. The van der Waals surface area contributed by atoms with E-state index in [0.717, 1.165) is 19.0 Å². The number of nitrogens with one attached hydrogen (secondary N) is 2. The Balaban J connectivity index is 1.60. The number of hydrogen-bond donors (Lipinski definition) is 2. The molecular weight excluding hydrogens is 389 g/mol. The summed E-state index contributed by atoms with van der Waals surface area (Å²) in [6, 6.07) is 2.73. The lowest BCUT2D eigenvalue weighted by atomic mass is 10.1. The Kier molecular flexibility index (Phi) is 4.93. The summed E-state index contributed by atoms with van der Waals surface area (Å²) < 4.78 is 46.6.